The van der Waals surface area contributed by atoms with Crippen molar-refractivity contribution < 1.29 is 9.52 Å². The first-order valence-electron chi connectivity index (χ1n) is 4.40. The fourth-order valence-corrected chi connectivity index (χ4v) is 1.42. The molecule has 0 aliphatic carbocycles. The fourth-order valence-electron chi connectivity index (χ4n) is 1.42. The van der Waals surface area contributed by atoms with Gasteiger partial charge in [0.1, 0.15) is 17.2 Å². The number of nitrogens with zero attached hydrogens (tertiary/aromatic N) is 1. The molecule has 1 aromatic heterocycles. The Kier molecular flexibility index (Phi) is 2.00. The molecule has 3 nitrogen and oxygen atoms in total. The summed E-state index contributed by atoms with van der Waals surface area (Å²) >= 11 is 0. The molecule has 0 radical (unpaired) electrons. The summed E-state index contributed by atoms with van der Waals surface area (Å²) in [6.07, 6.45) is 0. The Bertz CT molecular complexity index is 443. The van der Waals surface area contributed by atoms with E-state index in [2.05, 4.69) is 4.98 Å². The first-order chi connectivity index (χ1) is 6.66. The molecule has 0 saturated carbocycles. The van der Waals surface area contributed by atoms with E-state index in [0.717, 1.165) is 17.0 Å². The Labute approximate surface area is 82.0 Å². The predicted molar refractivity (Wildman–Crippen MR) is 53.1 cm³/mol. The van der Waals surface area contributed by atoms with Crippen LogP contribution >= 0.6 is 0 Å². The molecule has 1 heterocycles. The van der Waals surface area contributed by atoms with Gasteiger partial charge in [-0.05, 0) is 31.2 Å². The minimum atomic E-state index is 0.256. The maximum atomic E-state index is 9.13. The highest BCUT2D eigenvalue weighted by molar-refractivity contribution is 5.61. The lowest BCUT2D eigenvalue weighted by atomic mass is 10.1. The Balaban J connectivity index is 2.49. The Morgan fingerprint density at radius 3 is 2.29 bits per heavy atom. The summed E-state index contributed by atoms with van der Waals surface area (Å²) in [6, 6.07) is 6.91. The lowest BCUT2D eigenvalue weighted by molar-refractivity contribution is 0.475. The number of hydrogen-bond donors (Lipinski definition) is 1. The summed E-state index contributed by atoms with van der Waals surface area (Å²) < 4.78 is 5.33. The minimum Gasteiger partial charge on any atom is -0.508 e. The maximum Gasteiger partial charge on any atom is 0.191 e. The van der Waals surface area contributed by atoms with E-state index >= 15 is 0 Å². The van der Waals surface area contributed by atoms with Crippen LogP contribution in [0.25, 0.3) is 11.3 Å². The van der Waals surface area contributed by atoms with Gasteiger partial charge in [0.15, 0.2) is 5.89 Å². The van der Waals surface area contributed by atoms with Crippen molar-refractivity contribution in [2.75, 3.05) is 0 Å². The molecule has 14 heavy (non-hydrogen) atoms. The summed E-state index contributed by atoms with van der Waals surface area (Å²) in [5.41, 5.74) is 1.79. The molecule has 2 rings (SSSR count). The highest BCUT2D eigenvalue weighted by Crippen LogP contribution is 2.24. The normalized spacial score (nSPS) is 10.4. The number of aryl methyl sites for hydroxylation is 2. The molecule has 2 aromatic rings. The number of phenolic OH excluding ortho intramolecular Hbond substituents is 1. The predicted octanol–water partition coefficient (Wildman–Crippen LogP) is 2.66. The summed E-state index contributed by atoms with van der Waals surface area (Å²) in [7, 11) is 0. The second-order valence-electron chi connectivity index (χ2n) is 3.18. The topological polar surface area (TPSA) is 46.3 Å². The molecule has 0 aliphatic heterocycles. The monoisotopic (exact) mass is 189 g/mol. The molecular formula is C11H11NO2. The molecule has 1 N–H and O–H groups in total. The first-order valence-corrected chi connectivity index (χ1v) is 4.40. The quantitative estimate of drug-likeness (QED) is 0.750. The van der Waals surface area contributed by atoms with Gasteiger partial charge in [0, 0.05) is 12.5 Å². The van der Waals surface area contributed by atoms with Crippen LogP contribution in [0.2, 0.25) is 0 Å². The molecule has 0 atom stereocenters. The van der Waals surface area contributed by atoms with Gasteiger partial charge in [-0.2, -0.15) is 0 Å². The molecule has 72 valence electrons. The van der Waals surface area contributed by atoms with Crippen molar-refractivity contribution >= 4 is 0 Å². The molecule has 3 heteroatoms. The van der Waals surface area contributed by atoms with Crippen LogP contribution in [0.1, 0.15) is 11.7 Å². The maximum absolute atomic E-state index is 9.13. The molecule has 0 saturated heterocycles. The molecule has 0 spiro atoms. The number of benzene rings is 1. The van der Waals surface area contributed by atoms with Crippen LogP contribution in [0.4, 0.5) is 0 Å². The van der Waals surface area contributed by atoms with Crippen LogP contribution < -0.4 is 0 Å². The van der Waals surface area contributed by atoms with Crippen molar-refractivity contribution in [1.29, 1.82) is 0 Å². The zero-order chi connectivity index (χ0) is 10.1. The van der Waals surface area contributed by atoms with E-state index in [1.807, 2.05) is 26.0 Å². The minimum absolute atomic E-state index is 0.256. The number of aromatic nitrogens is 1. The third-order valence-corrected chi connectivity index (χ3v) is 2.04. The first kappa shape index (κ1) is 8.81. The average Bonchev–Trinajstić information content (AvgIpc) is 2.47. The number of rotatable bonds is 1. The van der Waals surface area contributed by atoms with E-state index in [1.165, 1.54) is 0 Å². The van der Waals surface area contributed by atoms with Gasteiger partial charge in [-0.3, -0.25) is 0 Å². The lowest BCUT2D eigenvalue weighted by Crippen LogP contribution is -1.79. The fraction of sp³-hybridized carbons (Fsp3) is 0.182. The van der Waals surface area contributed by atoms with Crippen LogP contribution in [0.3, 0.4) is 0 Å². The standard InChI is InChI=1S/C11H11NO2/c1-7-11(12-8(2)14-7)9-3-5-10(13)6-4-9/h3-6,13H,1-2H3. The highest BCUT2D eigenvalue weighted by Gasteiger charge is 2.08. The van der Waals surface area contributed by atoms with Crippen LogP contribution in [0.5, 0.6) is 5.75 Å². The van der Waals surface area contributed by atoms with Crippen molar-refractivity contribution in [1.82, 2.24) is 4.98 Å². The van der Waals surface area contributed by atoms with E-state index in [1.54, 1.807) is 12.1 Å². The van der Waals surface area contributed by atoms with E-state index in [9.17, 15) is 0 Å². The van der Waals surface area contributed by atoms with Crippen molar-refractivity contribution in [3.8, 4) is 17.0 Å². The third-order valence-electron chi connectivity index (χ3n) is 2.04. The second-order valence-corrected chi connectivity index (χ2v) is 3.18. The van der Waals surface area contributed by atoms with E-state index < -0.39 is 0 Å². The second kappa shape index (κ2) is 3.18. The zero-order valence-corrected chi connectivity index (χ0v) is 8.11. The summed E-state index contributed by atoms with van der Waals surface area (Å²) in [5, 5.41) is 9.13. The van der Waals surface area contributed by atoms with Gasteiger partial charge >= 0.3 is 0 Å². The van der Waals surface area contributed by atoms with E-state index in [4.69, 9.17) is 9.52 Å². The van der Waals surface area contributed by atoms with Gasteiger partial charge in [0.2, 0.25) is 0 Å². The third kappa shape index (κ3) is 1.48. The molecule has 1 aromatic carbocycles. The Morgan fingerprint density at radius 1 is 1.14 bits per heavy atom. The van der Waals surface area contributed by atoms with E-state index in [0.29, 0.717) is 5.89 Å². The Hall–Kier alpha value is -1.77. The van der Waals surface area contributed by atoms with Crippen molar-refractivity contribution in [3.63, 3.8) is 0 Å². The number of hydrogen-bond acceptors (Lipinski definition) is 3. The lowest BCUT2D eigenvalue weighted by Gasteiger charge is -1.97. The van der Waals surface area contributed by atoms with Gasteiger partial charge < -0.3 is 9.52 Å². The average molecular weight is 189 g/mol. The van der Waals surface area contributed by atoms with Gasteiger partial charge in [-0.25, -0.2) is 4.98 Å². The molecule has 0 bridgehead atoms. The summed E-state index contributed by atoms with van der Waals surface area (Å²) in [4.78, 5) is 4.26. The van der Waals surface area contributed by atoms with Crippen LogP contribution in [0, 0.1) is 13.8 Å². The molecular weight excluding hydrogens is 178 g/mol. The number of phenols is 1. The number of oxazole rings is 1. The van der Waals surface area contributed by atoms with Gasteiger partial charge in [-0.15, -0.1) is 0 Å². The number of aromatic hydroxyl groups is 1. The van der Waals surface area contributed by atoms with E-state index in [-0.39, 0.29) is 5.75 Å². The SMILES string of the molecule is Cc1nc(-c2ccc(O)cc2)c(C)o1. The van der Waals surface area contributed by atoms with Crippen molar-refractivity contribution in [2.24, 2.45) is 0 Å². The molecule has 0 amide bonds. The van der Waals surface area contributed by atoms with Crippen LogP contribution in [0.15, 0.2) is 28.7 Å². The molecule has 0 aliphatic rings. The van der Waals surface area contributed by atoms with Gasteiger partial charge in [-0.1, -0.05) is 0 Å². The van der Waals surface area contributed by atoms with Crippen molar-refractivity contribution in [3.05, 3.63) is 35.9 Å². The summed E-state index contributed by atoms with van der Waals surface area (Å²) in [5.74, 6) is 1.71. The zero-order valence-electron chi connectivity index (χ0n) is 8.11. The highest BCUT2D eigenvalue weighted by atomic mass is 16.4. The van der Waals surface area contributed by atoms with Gasteiger partial charge in [0.25, 0.3) is 0 Å². The van der Waals surface area contributed by atoms with Crippen LogP contribution in [-0.4, -0.2) is 10.1 Å². The summed E-state index contributed by atoms with van der Waals surface area (Å²) in [6.45, 7) is 3.69. The molecule has 0 fully saturated rings. The Morgan fingerprint density at radius 2 is 1.79 bits per heavy atom. The molecule has 0 unspecified atom stereocenters. The largest absolute Gasteiger partial charge is 0.508 e. The van der Waals surface area contributed by atoms with Gasteiger partial charge in [0.05, 0.1) is 0 Å². The van der Waals surface area contributed by atoms with Crippen LogP contribution in [-0.2, 0) is 0 Å². The van der Waals surface area contributed by atoms with Crippen molar-refractivity contribution in [2.45, 2.75) is 13.8 Å². The smallest absolute Gasteiger partial charge is 0.191 e.